The first-order valence-electron chi connectivity index (χ1n) is 12.0. The number of hydrogen-bond donors (Lipinski definition) is 2. The van der Waals surface area contributed by atoms with Gasteiger partial charge >= 0.3 is 0 Å². The Balaban J connectivity index is 1.77. The van der Waals surface area contributed by atoms with E-state index in [0.717, 1.165) is 17.6 Å². The third-order valence-electron chi connectivity index (χ3n) is 7.71. The van der Waals surface area contributed by atoms with Crippen molar-refractivity contribution in [1.29, 1.82) is 0 Å². The van der Waals surface area contributed by atoms with Crippen LogP contribution in [0.25, 0.3) is 0 Å². The van der Waals surface area contributed by atoms with E-state index in [-0.39, 0.29) is 10.8 Å². The van der Waals surface area contributed by atoms with Crippen LogP contribution in [0.2, 0.25) is 0 Å². The molecule has 3 aliphatic rings. The fourth-order valence-corrected chi connectivity index (χ4v) is 6.04. The molecule has 3 aliphatic carbocycles. The molecule has 0 radical (unpaired) electrons. The molecule has 0 heterocycles. The SMILES string of the molecule is C=C1/C(=C\C=C2/CCC[C@]3(C)[C@@H]([C@H](C)C#CC#CC(C)(C)C)CC[C@@H]23)C[C@@H](O)C[C@@H]1O. The van der Waals surface area contributed by atoms with Gasteiger partial charge in [0.05, 0.1) is 12.2 Å². The first kappa shape index (κ1) is 23.9. The van der Waals surface area contributed by atoms with E-state index in [2.05, 4.69) is 77.0 Å². The third kappa shape index (κ3) is 5.55. The summed E-state index contributed by atoms with van der Waals surface area (Å²) in [6.07, 6.45) is 10.4. The number of fused-ring (bicyclic) bond motifs is 1. The molecule has 0 unspecified atom stereocenters. The van der Waals surface area contributed by atoms with E-state index in [9.17, 15) is 10.2 Å². The van der Waals surface area contributed by atoms with Crippen molar-refractivity contribution in [3.05, 3.63) is 35.5 Å². The van der Waals surface area contributed by atoms with Crippen LogP contribution in [0.3, 0.4) is 0 Å². The van der Waals surface area contributed by atoms with Gasteiger partial charge in [-0.05, 0) is 99.5 Å². The number of aliphatic hydroxyl groups excluding tert-OH is 2. The Labute approximate surface area is 189 Å². The first-order valence-corrected chi connectivity index (χ1v) is 12.0. The third-order valence-corrected chi connectivity index (χ3v) is 7.71. The van der Waals surface area contributed by atoms with Gasteiger partial charge in [-0.1, -0.05) is 50.0 Å². The Morgan fingerprint density at radius 3 is 2.61 bits per heavy atom. The molecule has 0 aromatic heterocycles. The van der Waals surface area contributed by atoms with Crippen molar-refractivity contribution in [1.82, 2.24) is 0 Å². The number of hydrogen-bond acceptors (Lipinski definition) is 2. The average Bonchev–Trinajstić information content (AvgIpc) is 3.03. The Morgan fingerprint density at radius 1 is 1.16 bits per heavy atom. The molecule has 0 amide bonds. The summed E-state index contributed by atoms with van der Waals surface area (Å²) in [6.45, 7) is 15.1. The van der Waals surface area contributed by atoms with Crippen molar-refractivity contribution in [3.63, 3.8) is 0 Å². The summed E-state index contributed by atoms with van der Waals surface area (Å²) < 4.78 is 0. The number of allylic oxidation sites excluding steroid dienone is 3. The molecule has 0 aliphatic heterocycles. The van der Waals surface area contributed by atoms with E-state index in [0.29, 0.717) is 30.6 Å². The van der Waals surface area contributed by atoms with Gasteiger partial charge in [-0.2, -0.15) is 0 Å². The second kappa shape index (κ2) is 9.40. The lowest BCUT2D eigenvalue weighted by Gasteiger charge is -2.43. The van der Waals surface area contributed by atoms with Gasteiger partial charge in [0.2, 0.25) is 0 Å². The monoisotopic (exact) mass is 420 g/mol. The second-order valence-corrected chi connectivity index (χ2v) is 11.2. The van der Waals surface area contributed by atoms with E-state index in [4.69, 9.17) is 0 Å². The molecule has 2 heteroatoms. The number of aliphatic hydroxyl groups is 2. The molecule has 0 spiro atoms. The van der Waals surface area contributed by atoms with E-state index in [1.807, 2.05) is 0 Å². The van der Waals surface area contributed by atoms with Gasteiger partial charge in [0.1, 0.15) is 0 Å². The van der Waals surface area contributed by atoms with Crippen molar-refractivity contribution < 1.29 is 10.2 Å². The van der Waals surface area contributed by atoms with Crippen LogP contribution in [0.5, 0.6) is 0 Å². The fraction of sp³-hybridized carbons (Fsp3) is 0.655. The summed E-state index contributed by atoms with van der Waals surface area (Å²) in [5, 5.41) is 20.2. The zero-order valence-corrected chi connectivity index (χ0v) is 20.1. The van der Waals surface area contributed by atoms with Gasteiger partial charge in [-0.3, -0.25) is 0 Å². The first-order chi connectivity index (χ1) is 14.5. The van der Waals surface area contributed by atoms with E-state index in [1.54, 1.807) is 0 Å². The summed E-state index contributed by atoms with van der Waals surface area (Å²) in [7, 11) is 0. The molecule has 0 bridgehead atoms. The van der Waals surface area contributed by atoms with Crippen LogP contribution in [0.4, 0.5) is 0 Å². The van der Waals surface area contributed by atoms with E-state index >= 15 is 0 Å². The molecular formula is C29H40O2. The zero-order valence-electron chi connectivity index (χ0n) is 20.1. The van der Waals surface area contributed by atoms with Crippen molar-refractivity contribution in [2.75, 3.05) is 0 Å². The molecule has 0 saturated heterocycles. The Hall–Kier alpha value is -1.74. The highest BCUT2D eigenvalue weighted by Gasteiger charge is 2.50. The molecule has 3 fully saturated rings. The highest BCUT2D eigenvalue weighted by molar-refractivity contribution is 5.39. The smallest absolute Gasteiger partial charge is 0.0811 e. The largest absolute Gasteiger partial charge is 0.393 e. The van der Waals surface area contributed by atoms with Crippen LogP contribution >= 0.6 is 0 Å². The van der Waals surface area contributed by atoms with Crippen molar-refractivity contribution in [2.45, 2.75) is 91.8 Å². The van der Waals surface area contributed by atoms with Crippen molar-refractivity contribution >= 4 is 0 Å². The van der Waals surface area contributed by atoms with Crippen LogP contribution in [-0.2, 0) is 0 Å². The summed E-state index contributed by atoms with van der Waals surface area (Å²) >= 11 is 0. The Morgan fingerprint density at radius 2 is 1.90 bits per heavy atom. The zero-order chi connectivity index (χ0) is 22.8. The van der Waals surface area contributed by atoms with Crippen molar-refractivity contribution in [2.24, 2.45) is 28.6 Å². The van der Waals surface area contributed by atoms with Gasteiger partial charge < -0.3 is 10.2 Å². The van der Waals surface area contributed by atoms with E-state index < -0.39 is 12.2 Å². The average molecular weight is 421 g/mol. The maximum Gasteiger partial charge on any atom is 0.0811 e. The Bertz CT molecular complexity index is 876. The van der Waals surface area contributed by atoms with Gasteiger partial charge in [0.15, 0.2) is 0 Å². The molecular weight excluding hydrogens is 380 g/mol. The molecule has 6 atom stereocenters. The van der Waals surface area contributed by atoms with Gasteiger partial charge in [0.25, 0.3) is 0 Å². The minimum Gasteiger partial charge on any atom is -0.393 e. The summed E-state index contributed by atoms with van der Waals surface area (Å²) in [5.41, 5.74) is 3.58. The van der Waals surface area contributed by atoms with Gasteiger partial charge in [0, 0.05) is 17.8 Å². The molecule has 3 saturated carbocycles. The predicted octanol–water partition coefficient (Wildman–Crippen LogP) is 5.82. The van der Waals surface area contributed by atoms with Crippen LogP contribution < -0.4 is 0 Å². The van der Waals surface area contributed by atoms with E-state index in [1.165, 1.54) is 31.3 Å². The molecule has 168 valence electrons. The Kier molecular flexibility index (Phi) is 7.25. The maximum atomic E-state index is 10.1. The highest BCUT2D eigenvalue weighted by atomic mass is 16.3. The van der Waals surface area contributed by atoms with Crippen LogP contribution in [0, 0.1) is 52.3 Å². The molecule has 3 rings (SSSR count). The lowest BCUT2D eigenvalue weighted by molar-refractivity contribution is 0.0862. The quantitative estimate of drug-likeness (QED) is 0.553. The lowest BCUT2D eigenvalue weighted by atomic mass is 9.61. The normalized spacial score (nSPS) is 36.9. The molecule has 0 aromatic rings. The second-order valence-electron chi connectivity index (χ2n) is 11.2. The highest BCUT2D eigenvalue weighted by Crippen LogP contribution is 2.59. The minimum atomic E-state index is -0.623. The van der Waals surface area contributed by atoms with Crippen LogP contribution in [-0.4, -0.2) is 22.4 Å². The number of rotatable bonds is 2. The van der Waals surface area contributed by atoms with Crippen LogP contribution in [0.1, 0.15) is 79.6 Å². The topological polar surface area (TPSA) is 40.5 Å². The standard InChI is InChI=1S/C29H40O2/c1-20(10-7-8-16-28(3,4)5)25-14-15-26-22(11-9-17-29(25,26)6)12-13-23-18-24(30)19-27(31)21(23)2/h12-13,20,24-27,30-31H,2,9,11,14-15,17-19H2,1,3-6H3/b22-12+,23-13-/t20-,24-,25-,26+,27+,29-/m1/s1. The molecule has 2 N–H and O–H groups in total. The summed E-state index contributed by atoms with van der Waals surface area (Å²) in [5.74, 6) is 14.4. The molecule has 0 aromatic carbocycles. The minimum absolute atomic E-state index is 0.00431. The fourth-order valence-electron chi connectivity index (χ4n) is 6.04. The van der Waals surface area contributed by atoms with Gasteiger partial charge in [-0.25, -0.2) is 0 Å². The lowest BCUT2D eigenvalue weighted by Crippen LogP contribution is -2.35. The summed E-state index contributed by atoms with van der Waals surface area (Å²) in [4.78, 5) is 0. The predicted molar refractivity (Wildman–Crippen MR) is 129 cm³/mol. The van der Waals surface area contributed by atoms with Crippen LogP contribution in [0.15, 0.2) is 35.5 Å². The molecule has 2 nitrogen and oxygen atoms in total. The summed E-state index contributed by atoms with van der Waals surface area (Å²) in [6, 6.07) is 0. The maximum absolute atomic E-state index is 10.1. The van der Waals surface area contributed by atoms with Crippen molar-refractivity contribution in [3.8, 4) is 23.7 Å². The molecule has 31 heavy (non-hydrogen) atoms. The van der Waals surface area contributed by atoms with Gasteiger partial charge in [-0.15, -0.1) is 0 Å².